The quantitative estimate of drug-likeness (QED) is 0.314. The predicted molar refractivity (Wildman–Crippen MR) is 131 cm³/mol. The van der Waals surface area contributed by atoms with Crippen LogP contribution in [0, 0.1) is 29.3 Å². The van der Waals surface area contributed by atoms with Gasteiger partial charge in [-0.1, -0.05) is 107 Å². The van der Waals surface area contributed by atoms with Crippen LogP contribution >= 0.6 is 0 Å². The summed E-state index contributed by atoms with van der Waals surface area (Å²) in [6.45, 7) is 4.05. The summed E-state index contributed by atoms with van der Waals surface area (Å²) in [7, 11) is 0. The monoisotopic (exact) mass is 450 g/mol. The smallest absolute Gasteiger partial charge is 0.167 e. The molecule has 0 bridgehead atoms. The van der Waals surface area contributed by atoms with Gasteiger partial charge in [0.2, 0.25) is 0 Å². The lowest BCUT2D eigenvalue weighted by Gasteiger charge is -2.36. The Morgan fingerprint density at radius 3 is 2.15 bits per heavy atom. The Hall–Kier alpha value is -2.55. The molecule has 33 heavy (non-hydrogen) atoms. The SMILES string of the molecule is CCCCC1CCCCC1C(C)c1c(F)cc(-c2ccc(-c3ccccc3)cc2)c(F)c1F. The summed E-state index contributed by atoms with van der Waals surface area (Å²) in [6, 6.07) is 18.2. The van der Waals surface area contributed by atoms with Crippen LogP contribution in [-0.2, 0) is 0 Å². The average Bonchev–Trinajstić information content (AvgIpc) is 2.86. The maximum atomic E-state index is 15.3. The van der Waals surface area contributed by atoms with Crippen LogP contribution < -0.4 is 0 Å². The minimum absolute atomic E-state index is 0.0215. The van der Waals surface area contributed by atoms with Gasteiger partial charge in [-0.05, 0) is 46.9 Å². The Kier molecular flexibility index (Phi) is 7.57. The molecule has 1 saturated carbocycles. The van der Waals surface area contributed by atoms with Gasteiger partial charge in [0, 0.05) is 11.1 Å². The molecule has 3 aromatic carbocycles. The van der Waals surface area contributed by atoms with Gasteiger partial charge in [-0.3, -0.25) is 0 Å². The number of rotatable bonds is 7. The van der Waals surface area contributed by atoms with Crippen molar-refractivity contribution in [2.75, 3.05) is 0 Å². The summed E-state index contributed by atoms with van der Waals surface area (Å²) in [5.74, 6) is -2.29. The predicted octanol–water partition coefficient (Wildman–Crippen LogP) is 9.54. The molecule has 0 radical (unpaired) electrons. The Morgan fingerprint density at radius 2 is 1.45 bits per heavy atom. The molecule has 0 aliphatic heterocycles. The summed E-state index contributed by atoms with van der Waals surface area (Å²) >= 11 is 0. The normalized spacial score (nSPS) is 19.4. The number of halogens is 3. The Labute approximate surface area is 195 Å². The lowest BCUT2D eigenvalue weighted by Crippen LogP contribution is -2.26. The first-order valence-electron chi connectivity index (χ1n) is 12.3. The largest absolute Gasteiger partial charge is 0.207 e. The molecular formula is C30H33F3. The van der Waals surface area contributed by atoms with Crippen molar-refractivity contribution in [2.24, 2.45) is 11.8 Å². The van der Waals surface area contributed by atoms with Crippen LogP contribution in [0.5, 0.6) is 0 Å². The van der Waals surface area contributed by atoms with Crippen LogP contribution in [0.3, 0.4) is 0 Å². The van der Waals surface area contributed by atoms with Crippen molar-refractivity contribution in [3.63, 3.8) is 0 Å². The lowest BCUT2D eigenvalue weighted by atomic mass is 9.69. The minimum Gasteiger partial charge on any atom is -0.207 e. The fourth-order valence-corrected chi connectivity index (χ4v) is 5.64. The molecule has 3 heteroatoms. The molecule has 0 saturated heterocycles. The van der Waals surface area contributed by atoms with E-state index in [1.165, 1.54) is 12.5 Å². The minimum atomic E-state index is -1.02. The van der Waals surface area contributed by atoms with E-state index < -0.39 is 17.5 Å². The standard InChI is InChI=1S/C30H33F3/c1-3-4-10-23-13-8-9-14-25(23)20(2)28-27(31)19-26(29(32)30(28)33)24-17-15-22(16-18-24)21-11-6-5-7-12-21/h5-7,11-12,15-20,23,25H,3-4,8-10,13-14H2,1-2H3. The third-order valence-electron chi connectivity index (χ3n) is 7.49. The molecule has 0 nitrogen and oxygen atoms in total. The zero-order valence-corrected chi connectivity index (χ0v) is 19.6. The van der Waals surface area contributed by atoms with Crippen molar-refractivity contribution in [3.05, 3.63) is 83.7 Å². The molecule has 0 heterocycles. The highest BCUT2D eigenvalue weighted by atomic mass is 19.2. The zero-order chi connectivity index (χ0) is 23.4. The van der Waals surface area contributed by atoms with Crippen LogP contribution in [0.15, 0.2) is 60.7 Å². The first-order valence-corrected chi connectivity index (χ1v) is 12.3. The van der Waals surface area contributed by atoms with Gasteiger partial charge in [0.15, 0.2) is 11.6 Å². The fourth-order valence-electron chi connectivity index (χ4n) is 5.64. The van der Waals surface area contributed by atoms with Gasteiger partial charge in [-0.15, -0.1) is 0 Å². The van der Waals surface area contributed by atoms with E-state index in [2.05, 4.69) is 6.92 Å². The number of benzene rings is 3. The molecule has 1 aliphatic rings. The Bertz CT molecular complexity index is 1060. The van der Waals surface area contributed by atoms with Crippen molar-refractivity contribution in [1.82, 2.24) is 0 Å². The van der Waals surface area contributed by atoms with Crippen LogP contribution in [0.2, 0.25) is 0 Å². The first kappa shape index (κ1) is 23.6. The molecule has 1 fully saturated rings. The fraction of sp³-hybridized carbons (Fsp3) is 0.400. The maximum Gasteiger partial charge on any atom is 0.167 e. The van der Waals surface area contributed by atoms with Crippen LogP contribution in [-0.4, -0.2) is 0 Å². The van der Waals surface area contributed by atoms with Gasteiger partial charge < -0.3 is 0 Å². The highest BCUT2D eigenvalue weighted by Gasteiger charge is 2.34. The number of hydrogen-bond donors (Lipinski definition) is 0. The second-order valence-electron chi connectivity index (χ2n) is 9.53. The first-order chi connectivity index (χ1) is 16.0. The maximum absolute atomic E-state index is 15.3. The van der Waals surface area contributed by atoms with Crippen molar-refractivity contribution < 1.29 is 13.2 Å². The summed E-state index contributed by atoms with van der Waals surface area (Å²) in [5, 5.41) is 0. The van der Waals surface area contributed by atoms with Gasteiger partial charge in [0.05, 0.1) is 0 Å². The van der Waals surface area contributed by atoms with Gasteiger partial charge in [-0.25, -0.2) is 13.2 Å². The van der Waals surface area contributed by atoms with Crippen molar-refractivity contribution in [2.45, 2.75) is 64.7 Å². The summed E-state index contributed by atoms with van der Waals surface area (Å²) < 4.78 is 45.9. The highest BCUT2D eigenvalue weighted by Crippen LogP contribution is 2.44. The molecule has 0 N–H and O–H groups in total. The second kappa shape index (κ2) is 10.6. The van der Waals surface area contributed by atoms with Crippen molar-refractivity contribution >= 4 is 0 Å². The van der Waals surface area contributed by atoms with Crippen LogP contribution in [0.25, 0.3) is 22.3 Å². The van der Waals surface area contributed by atoms with Gasteiger partial charge in [0.1, 0.15) is 5.82 Å². The molecule has 0 amide bonds. The zero-order valence-electron chi connectivity index (χ0n) is 19.6. The molecule has 3 atom stereocenters. The van der Waals surface area contributed by atoms with E-state index in [-0.39, 0.29) is 23.0 Å². The number of hydrogen-bond acceptors (Lipinski definition) is 0. The van der Waals surface area contributed by atoms with Gasteiger partial charge in [-0.2, -0.15) is 0 Å². The molecule has 174 valence electrons. The van der Waals surface area contributed by atoms with Crippen LogP contribution in [0.4, 0.5) is 13.2 Å². The topological polar surface area (TPSA) is 0 Å². The lowest BCUT2D eigenvalue weighted by molar-refractivity contribution is 0.188. The second-order valence-corrected chi connectivity index (χ2v) is 9.53. The van der Waals surface area contributed by atoms with E-state index in [1.807, 2.05) is 49.4 Å². The highest BCUT2D eigenvalue weighted by molar-refractivity contribution is 5.71. The van der Waals surface area contributed by atoms with Gasteiger partial charge in [0.25, 0.3) is 0 Å². The summed E-state index contributed by atoms with van der Waals surface area (Å²) in [6.07, 6.45) is 7.65. The molecule has 0 aromatic heterocycles. The third kappa shape index (κ3) is 5.03. The number of unbranched alkanes of at least 4 members (excludes halogenated alkanes) is 1. The average molecular weight is 451 g/mol. The van der Waals surface area contributed by atoms with E-state index in [4.69, 9.17) is 0 Å². The van der Waals surface area contributed by atoms with Crippen molar-refractivity contribution in [1.29, 1.82) is 0 Å². The Balaban J connectivity index is 1.63. The third-order valence-corrected chi connectivity index (χ3v) is 7.49. The van der Waals surface area contributed by atoms with E-state index in [9.17, 15) is 0 Å². The molecular weight excluding hydrogens is 417 g/mol. The van der Waals surface area contributed by atoms with E-state index in [0.717, 1.165) is 49.7 Å². The molecule has 0 spiro atoms. The van der Waals surface area contributed by atoms with E-state index in [1.54, 1.807) is 12.1 Å². The van der Waals surface area contributed by atoms with E-state index >= 15 is 13.2 Å². The van der Waals surface area contributed by atoms with Crippen LogP contribution in [0.1, 0.15) is 70.3 Å². The molecule has 3 aromatic rings. The summed E-state index contributed by atoms with van der Waals surface area (Å²) in [4.78, 5) is 0. The Morgan fingerprint density at radius 1 is 0.818 bits per heavy atom. The van der Waals surface area contributed by atoms with Crippen molar-refractivity contribution in [3.8, 4) is 22.3 Å². The van der Waals surface area contributed by atoms with E-state index in [0.29, 0.717) is 11.5 Å². The molecule has 4 rings (SSSR count). The molecule has 3 unspecified atom stereocenters. The summed E-state index contributed by atoms with van der Waals surface area (Å²) in [5.41, 5.74) is 2.39. The van der Waals surface area contributed by atoms with Gasteiger partial charge >= 0.3 is 0 Å². The molecule has 1 aliphatic carbocycles.